The van der Waals surface area contributed by atoms with Crippen LogP contribution in [0.25, 0.3) is 0 Å². The van der Waals surface area contributed by atoms with Crippen molar-refractivity contribution in [1.29, 1.82) is 0 Å². The highest BCUT2D eigenvalue weighted by Crippen LogP contribution is 2.27. The number of rotatable bonds is 8. The van der Waals surface area contributed by atoms with E-state index in [-0.39, 0.29) is 0 Å². The van der Waals surface area contributed by atoms with E-state index in [4.69, 9.17) is 16.3 Å². The lowest BCUT2D eigenvalue weighted by molar-refractivity contribution is 0.0696. The van der Waals surface area contributed by atoms with Crippen molar-refractivity contribution >= 4 is 23.3 Å². The Morgan fingerprint density at radius 1 is 1.06 bits per heavy atom. The second kappa shape index (κ2) is 9.86. The summed E-state index contributed by atoms with van der Waals surface area (Å²) in [5.41, 5.74) is 2.37. The van der Waals surface area contributed by atoms with E-state index in [1.54, 1.807) is 30.3 Å². The topological polar surface area (TPSA) is 61.8 Å². The van der Waals surface area contributed by atoms with Crippen LogP contribution in [-0.2, 0) is 6.54 Å². The lowest BCUT2D eigenvalue weighted by Gasteiger charge is -2.28. The number of ether oxygens (including phenoxy) is 1. The Hall–Kier alpha value is -3.02. The van der Waals surface area contributed by atoms with Gasteiger partial charge in [-0.25, -0.2) is 4.79 Å². The molecule has 0 radical (unpaired) electrons. The van der Waals surface area contributed by atoms with Crippen molar-refractivity contribution in [2.45, 2.75) is 13.0 Å². The third kappa shape index (κ3) is 5.78. The number of carboxylic acids is 1. The summed E-state index contributed by atoms with van der Waals surface area (Å²) in [5, 5.41) is 13.4. The van der Waals surface area contributed by atoms with E-state index in [1.807, 2.05) is 30.3 Å². The van der Waals surface area contributed by atoms with Gasteiger partial charge >= 0.3 is 5.97 Å². The lowest BCUT2D eigenvalue weighted by Crippen LogP contribution is -2.30. The van der Waals surface area contributed by atoms with Crippen LogP contribution in [0.3, 0.4) is 0 Å². The van der Waals surface area contributed by atoms with Gasteiger partial charge in [-0.1, -0.05) is 23.7 Å². The molecule has 2 N–H and O–H groups in total. The van der Waals surface area contributed by atoms with Crippen molar-refractivity contribution in [2.75, 3.05) is 24.5 Å². The molecule has 31 heavy (non-hydrogen) atoms. The fraction of sp³-hybridized carbons (Fsp3) is 0.240. The Labute approximate surface area is 187 Å². The molecule has 0 amide bonds. The summed E-state index contributed by atoms with van der Waals surface area (Å²) in [6.07, 6.45) is 1.14. The zero-order valence-corrected chi connectivity index (χ0v) is 17.9. The maximum Gasteiger partial charge on any atom is 0.335 e. The van der Waals surface area contributed by atoms with Crippen LogP contribution in [0.5, 0.6) is 11.5 Å². The number of carboxylic acid groups (broad SMARTS) is 1. The van der Waals surface area contributed by atoms with Crippen LogP contribution in [0.2, 0.25) is 5.02 Å². The van der Waals surface area contributed by atoms with E-state index in [9.17, 15) is 9.90 Å². The highest BCUT2D eigenvalue weighted by molar-refractivity contribution is 6.30. The highest BCUT2D eigenvalue weighted by Gasteiger charge is 2.19. The van der Waals surface area contributed by atoms with Gasteiger partial charge in [-0.2, -0.15) is 0 Å². The van der Waals surface area contributed by atoms with Gasteiger partial charge in [0.15, 0.2) is 0 Å². The van der Waals surface area contributed by atoms with E-state index >= 15 is 0 Å². The number of anilines is 1. The Balaban J connectivity index is 1.52. The van der Waals surface area contributed by atoms with Gasteiger partial charge in [-0.3, -0.25) is 0 Å². The minimum absolute atomic E-state index is 0.312. The SMILES string of the molecule is O=C(O)c1cccc(CN(CC2CCNC2)c2ccc(Oc3ccc(Cl)cc3)cc2)c1. The Bertz CT molecular complexity index is 1020. The van der Waals surface area contributed by atoms with E-state index in [0.717, 1.165) is 48.8 Å². The summed E-state index contributed by atoms with van der Waals surface area (Å²) in [7, 11) is 0. The predicted octanol–water partition coefficient (Wildman–Crippen LogP) is 5.45. The van der Waals surface area contributed by atoms with Crippen molar-refractivity contribution in [3.05, 3.63) is 88.9 Å². The maximum absolute atomic E-state index is 11.4. The molecule has 1 heterocycles. The first-order valence-corrected chi connectivity index (χ1v) is 10.8. The van der Waals surface area contributed by atoms with E-state index < -0.39 is 5.97 Å². The summed E-state index contributed by atoms with van der Waals surface area (Å²) in [6, 6.07) is 22.4. The third-order valence-corrected chi connectivity index (χ3v) is 5.69. The molecular formula is C25H25ClN2O3. The molecule has 160 valence electrons. The number of halogens is 1. The molecule has 1 aliphatic rings. The number of carbonyl (C=O) groups is 1. The van der Waals surface area contributed by atoms with Gasteiger partial charge in [0.05, 0.1) is 5.56 Å². The van der Waals surface area contributed by atoms with Crippen molar-refractivity contribution in [1.82, 2.24) is 5.32 Å². The molecule has 0 saturated carbocycles. The molecule has 1 saturated heterocycles. The lowest BCUT2D eigenvalue weighted by atomic mass is 10.1. The van der Waals surface area contributed by atoms with E-state index in [0.29, 0.717) is 23.0 Å². The van der Waals surface area contributed by atoms with Gasteiger partial charge in [-0.05, 0) is 91.7 Å². The zero-order valence-electron chi connectivity index (χ0n) is 17.1. The standard InChI is InChI=1S/C25H25ClN2O3/c26-21-4-8-23(9-5-21)31-24-10-6-22(7-11-24)28(17-19-12-13-27-15-19)16-18-2-1-3-20(14-18)25(29)30/h1-11,14,19,27H,12-13,15-17H2,(H,29,30). The van der Waals surface area contributed by atoms with Crippen LogP contribution in [0.4, 0.5) is 5.69 Å². The van der Waals surface area contributed by atoms with Gasteiger partial charge < -0.3 is 20.1 Å². The first-order chi connectivity index (χ1) is 15.1. The van der Waals surface area contributed by atoms with Gasteiger partial charge in [0, 0.05) is 23.8 Å². The molecule has 4 rings (SSSR count). The molecule has 3 aromatic carbocycles. The van der Waals surface area contributed by atoms with Gasteiger partial charge in [0.25, 0.3) is 0 Å². The third-order valence-electron chi connectivity index (χ3n) is 5.44. The normalized spacial score (nSPS) is 15.6. The van der Waals surface area contributed by atoms with Crippen molar-refractivity contribution < 1.29 is 14.6 Å². The number of benzene rings is 3. The smallest absolute Gasteiger partial charge is 0.335 e. The van der Waals surface area contributed by atoms with Crippen LogP contribution in [-0.4, -0.2) is 30.7 Å². The van der Waals surface area contributed by atoms with Gasteiger partial charge in [0.1, 0.15) is 11.5 Å². The molecule has 1 atom stereocenters. The van der Waals surface area contributed by atoms with Gasteiger partial charge in [-0.15, -0.1) is 0 Å². The Morgan fingerprint density at radius 3 is 2.42 bits per heavy atom. The van der Waals surface area contributed by atoms with Crippen LogP contribution < -0.4 is 15.0 Å². The van der Waals surface area contributed by atoms with E-state index in [1.165, 1.54) is 0 Å². The molecule has 0 aromatic heterocycles. The number of nitrogens with one attached hydrogen (secondary N) is 1. The molecule has 0 bridgehead atoms. The second-order valence-electron chi connectivity index (χ2n) is 7.79. The number of nitrogens with zero attached hydrogens (tertiary/aromatic N) is 1. The molecule has 3 aromatic rings. The summed E-state index contributed by atoms with van der Waals surface area (Å²) in [4.78, 5) is 13.7. The molecule has 1 aliphatic heterocycles. The maximum atomic E-state index is 11.4. The quantitative estimate of drug-likeness (QED) is 0.492. The van der Waals surface area contributed by atoms with Crippen LogP contribution in [0, 0.1) is 5.92 Å². The number of aromatic carboxylic acids is 1. The van der Waals surface area contributed by atoms with E-state index in [2.05, 4.69) is 22.3 Å². The summed E-state index contributed by atoms with van der Waals surface area (Å²) < 4.78 is 5.91. The molecule has 5 nitrogen and oxygen atoms in total. The zero-order chi connectivity index (χ0) is 21.6. The van der Waals surface area contributed by atoms with Crippen LogP contribution in [0.1, 0.15) is 22.3 Å². The van der Waals surface area contributed by atoms with Crippen molar-refractivity contribution in [3.8, 4) is 11.5 Å². The second-order valence-corrected chi connectivity index (χ2v) is 8.23. The van der Waals surface area contributed by atoms with Crippen molar-refractivity contribution in [2.24, 2.45) is 5.92 Å². The Kier molecular flexibility index (Phi) is 6.75. The van der Waals surface area contributed by atoms with Crippen LogP contribution >= 0.6 is 11.6 Å². The predicted molar refractivity (Wildman–Crippen MR) is 123 cm³/mol. The number of hydrogen-bond donors (Lipinski definition) is 2. The monoisotopic (exact) mass is 436 g/mol. The van der Waals surface area contributed by atoms with Gasteiger partial charge in [0.2, 0.25) is 0 Å². The average Bonchev–Trinajstić information content (AvgIpc) is 3.29. The summed E-state index contributed by atoms with van der Waals surface area (Å²) >= 11 is 5.94. The minimum atomic E-state index is -0.905. The summed E-state index contributed by atoms with van der Waals surface area (Å²) in [5.74, 6) is 1.14. The highest BCUT2D eigenvalue weighted by atomic mass is 35.5. The first kappa shape index (κ1) is 21.2. The largest absolute Gasteiger partial charge is 0.478 e. The first-order valence-electron chi connectivity index (χ1n) is 10.4. The molecule has 0 spiro atoms. The average molecular weight is 437 g/mol. The number of hydrogen-bond acceptors (Lipinski definition) is 4. The fourth-order valence-corrected chi connectivity index (χ4v) is 3.96. The molecule has 1 unspecified atom stereocenters. The molecule has 1 fully saturated rings. The molecule has 0 aliphatic carbocycles. The Morgan fingerprint density at radius 2 is 1.77 bits per heavy atom. The summed E-state index contributed by atoms with van der Waals surface area (Å²) in [6.45, 7) is 3.60. The minimum Gasteiger partial charge on any atom is -0.478 e. The molecule has 6 heteroatoms. The fourth-order valence-electron chi connectivity index (χ4n) is 3.83. The van der Waals surface area contributed by atoms with Crippen molar-refractivity contribution in [3.63, 3.8) is 0 Å². The molecular weight excluding hydrogens is 412 g/mol. The van der Waals surface area contributed by atoms with Crippen LogP contribution in [0.15, 0.2) is 72.8 Å².